The van der Waals surface area contributed by atoms with E-state index in [1.54, 1.807) is 6.92 Å². The number of ether oxygens (including phenoxy) is 2. The summed E-state index contributed by atoms with van der Waals surface area (Å²) >= 11 is 0. The number of carbonyl (C=O) groups is 2. The van der Waals surface area contributed by atoms with Crippen molar-refractivity contribution in [3.63, 3.8) is 0 Å². The van der Waals surface area contributed by atoms with Crippen molar-refractivity contribution in [1.82, 2.24) is 0 Å². The topological polar surface area (TPSA) is 72.8 Å². The van der Waals surface area contributed by atoms with Crippen LogP contribution < -0.4 is 0 Å². The van der Waals surface area contributed by atoms with Gasteiger partial charge in [-0.25, -0.2) is 0 Å². The minimum Gasteiger partial charge on any atom is -0.462 e. The zero-order valence-corrected chi connectivity index (χ0v) is 23.7. The van der Waals surface area contributed by atoms with Crippen LogP contribution in [-0.2, 0) is 19.1 Å². The van der Waals surface area contributed by atoms with Crippen LogP contribution in [0.15, 0.2) is 47.1 Å². The van der Waals surface area contributed by atoms with Crippen LogP contribution in [0.25, 0.3) is 0 Å². The Balaban J connectivity index is 1.75. The molecule has 5 atom stereocenters. The first-order valence-electron chi connectivity index (χ1n) is 13.8. The number of alkyl halides is 6. The van der Waals surface area contributed by atoms with Crippen LogP contribution in [0.5, 0.6) is 0 Å². The van der Waals surface area contributed by atoms with E-state index in [1.165, 1.54) is 19.4 Å². The van der Waals surface area contributed by atoms with Crippen LogP contribution >= 0.6 is 0 Å². The zero-order chi connectivity index (χ0) is 30.8. The predicted octanol–water partition coefficient (Wildman–Crippen LogP) is 7.46. The van der Waals surface area contributed by atoms with Crippen molar-refractivity contribution >= 4 is 11.9 Å². The molecule has 2 saturated carbocycles. The number of hydrogen-bond acceptors (Lipinski definition) is 5. The average Bonchev–Trinajstić information content (AvgIpc) is 3.17. The molecule has 0 spiro atoms. The molecule has 3 aliphatic carbocycles. The number of esters is 2. The maximum absolute atomic E-state index is 13.0. The molecule has 3 rings (SSSR count). The number of carbonyl (C=O) groups excluding carboxylic acids is 2. The van der Waals surface area contributed by atoms with E-state index in [1.807, 2.05) is 12.2 Å². The molecule has 0 radical (unpaired) electrons. The molecule has 0 aromatic rings. The van der Waals surface area contributed by atoms with Crippen molar-refractivity contribution in [1.29, 1.82) is 0 Å². The van der Waals surface area contributed by atoms with Gasteiger partial charge >= 0.3 is 24.3 Å². The van der Waals surface area contributed by atoms with E-state index >= 15 is 0 Å². The Morgan fingerprint density at radius 3 is 2.12 bits per heavy atom. The average molecular weight is 593 g/mol. The second kappa shape index (κ2) is 12.4. The summed E-state index contributed by atoms with van der Waals surface area (Å²) < 4.78 is 88.9. The summed E-state index contributed by atoms with van der Waals surface area (Å²) in [5.74, 6) is -1.01. The summed E-state index contributed by atoms with van der Waals surface area (Å²) in [7, 11) is 0. The maximum atomic E-state index is 13.0. The van der Waals surface area contributed by atoms with Gasteiger partial charge in [-0.15, -0.1) is 0 Å². The lowest BCUT2D eigenvalue weighted by atomic mass is 9.62. The van der Waals surface area contributed by atoms with Gasteiger partial charge in [0.1, 0.15) is 12.2 Å². The van der Waals surface area contributed by atoms with Crippen molar-refractivity contribution in [3.8, 4) is 0 Å². The number of hydrogen-bond donors (Lipinski definition) is 1. The Kier molecular flexibility index (Phi) is 9.93. The molecule has 5 nitrogen and oxygen atoms in total. The van der Waals surface area contributed by atoms with Gasteiger partial charge in [-0.1, -0.05) is 54.9 Å². The Morgan fingerprint density at radius 1 is 1.05 bits per heavy atom. The molecule has 0 saturated heterocycles. The molecule has 0 amide bonds. The summed E-state index contributed by atoms with van der Waals surface area (Å²) in [5, 5.41) is 9.41. The number of allylic oxidation sites excluding steroid dienone is 6. The minimum absolute atomic E-state index is 0.0826. The molecule has 0 aliphatic heterocycles. The van der Waals surface area contributed by atoms with Gasteiger partial charge in [0.15, 0.2) is 0 Å². The molecule has 41 heavy (non-hydrogen) atoms. The van der Waals surface area contributed by atoms with Crippen LogP contribution in [-0.4, -0.2) is 47.2 Å². The molecule has 0 aromatic carbocycles. The smallest absolute Gasteiger partial charge is 0.429 e. The van der Waals surface area contributed by atoms with Gasteiger partial charge < -0.3 is 14.6 Å². The Hall–Kier alpha value is -2.56. The SMILES string of the molecule is CC(=O)O[C@@H]1CC(=CC=C2CCC[C@]3(C)C([C@H](C)CC=CC(O)(C(F)(F)F)C(F)(F)F)=CC[C@@H]23)C[C@@H](OC(C)=O)C1. The highest BCUT2D eigenvalue weighted by Crippen LogP contribution is 2.57. The number of halogens is 6. The second-order valence-electron chi connectivity index (χ2n) is 11.7. The van der Waals surface area contributed by atoms with Crippen LogP contribution in [0.3, 0.4) is 0 Å². The van der Waals surface area contributed by atoms with Crippen molar-refractivity contribution in [3.05, 3.63) is 47.1 Å². The molecule has 0 heterocycles. The van der Waals surface area contributed by atoms with Crippen LogP contribution in [0.1, 0.15) is 79.1 Å². The van der Waals surface area contributed by atoms with Crippen LogP contribution in [0, 0.1) is 17.3 Å². The van der Waals surface area contributed by atoms with Crippen molar-refractivity contribution in [2.45, 2.75) is 109 Å². The normalized spacial score (nSPS) is 29.2. The van der Waals surface area contributed by atoms with Crippen LogP contribution in [0.2, 0.25) is 0 Å². The lowest BCUT2D eigenvalue weighted by molar-refractivity contribution is -0.347. The molecule has 0 unspecified atom stereocenters. The Labute approximate surface area is 236 Å². The molecular formula is C30H38F6O5. The van der Waals surface area contributed by atoms with E-state index in [0.717, 1.165) is 36.5 Å². The second-order valence-corrected chi connectivity index (χ2v) is 11.7. The first-order chi connectivity index (χ1) is 18.9. The van der Waals surface area contributed by atoms with Gasteiger partial charge in [-0.05, 0) is 55.4 Å². The summed E-state index contributed by atoms with van der Waals surface area (Å²) in [6, 6.07) is 0. The van der Waals surface area contributed by atoms with E-state index in [9.17, 15) is 41.0 Å². The fourth-order valence-electron chi connectivity index (χ4n) is 6.67. The lowest BCUT2D eigenvalue weighted by Crippen LogP contribution is -2.55. The van der Waals surface area contributed by atoms with E-state index in [0.29, 0.717) is 25.7 Å². The Bertz CT molecular complexity index is 1080. The van der Waals surface area contributed by atoms with Crippen LogP contribution in [0.4, 0.5) is 26.3 Å². The third-order valence-electron chi connectivity index (χ3n) is 8.56. The number of aliphatic hydroxyl groups is 1. The molecule has 3 aliphatic rings. The van der Waals surface area contributed by atoms with Gasteiger partial charge in [0.25, 0.3) is 5.60 Å². The van der Waals surface area contributed by atoms with Gasteiger partial charge in [-0.3, -0.25) is 9.59 Å². The van der Waals surface area contributed by atoms with Gasteiger partial charge in [0.05, 0.1) is 0 Å². The molecule has 11 heteroatoms. The molecule has 2 fully saturated rings. The first-order valence-corrected chi connectivity index (χ1v) is 13.8. The van der Waals surface area contributed by atoms with Crippen molar-refractivity contribution in [2.75, 3.05) is 0 Å². The molecule has 230 valence electrons. The van der Waals surface area contributed by atoms with E-state index < -0.39 is 42.1 Å². The fourth-order valence-corrected chi connectivity index (χ4v) is 6.67. The highest BCUT2D eigenvalue weighted by molar-refractivity contribution is 5.67. The standard InChI is InChI=1S/C30H38F6O5/c1-18(7-5-14-28(39,29(31,32)33)30(34,35)36)25-11-12-26-22(8-6-13-27(25,26)4)10-9-21-15-23(40-19(2)37)17-24(16-21)41-20(3)38/h5,9-11,14,18,23-24,26,39H,6-8,12-13,15-17H2,1-4H3/t18-,23-,24-,26+,27-/m1/s1. The third-order valence-corrected chi connectivity index (χ3v) is 8.56. The quantitative estimate of drug-likeness (QED) is 0.189. The predicted molar refractivity (Wildman–Crippen MR) is 139 cm³/mol. The molecule has 0 aromatic heterocycles. The van der Waals surface area contributed by atoms with E-state index in [2.05, 4.69) is 13.0 Å². The van der Waals surface area contributed by atoms with Crippen molar-refractivity contribution in [2.24, 2.45) is 17.3 Å². The maximum Gasteiger partial charge on any atom is 0.429 e. The van der Waals surface area contributed by atoms with Gasteiger partial charge in [0, 0.05) is 33.1 Å². The molecular weight excluding hydrogens is 554 g/mol. The highest BCUT2D eigenvalue weighted by Gasteiger charge is 2.68. The summed E-state index contributed by atoms with van der Waals surface area (Å²) in [5.41, 5.74) is -2.02. The molecule has 1 N–H and O–H groups in total. The van der Waals surface area contributed by atoms with E-state index in [-0.39, 0.29) is 29.7 Å². The first kappa shape index (κ1) is 32.9. The highest BCUT2D eigenvalue weighted by atomic mass is 19.4. The summed E-state index contributed by atoms with van der Waals surface area (Å²) in [6.45, 7) is 6.53. The monoisotopic (exact) mass is 592 g/mol. The number of fused-ring (bicyclic) bond motifs is 1. The Morgan fingerprint density at radius 2 is 1.61 bits per heavy atom. The van der Waals surface area contributed by atoms with Gasteiger partial charge in [-0.2, -0.15) is 26.3 Å². The zero-order valence-electron chi connectivity index (χ0n) is 23.7. The van der Waals surface area contributed by atoms with Crippen molar-refractivity contribution < 1.29 is 50.5 Å². The fraction of sp³-hybridized carbons (Fsp3) is 0.667. The third kappa shape index (κ3) is 7.45. The van der Waals surface area contributed by atoms with E-state index in [4.69, 9.17) is 9.47 Å². The number of rotatable bonds is 7. The summed E-state index contributed by atoms with van der Waals surface area (Å²) in [6.07, 6.45) is -1.22. The lowest BCUT2D eigenvalue weighted by Gasteiger charge is -2.42. The van der Waals surface area contributed by atoms with Gasteiger partial charge in [0.2, 0.25) is 0 Å². The summed E-state index contributed by atoms with van der Waals surface area (Å²) in [4.78, 5) is 23.0. The largest absolute Gasteiger partial charge is 0.462 e. The molecule has 0 bridgehead atoms. The minimum atomic E-state index is -5.89.